The van der Waals surface area contributed by atoms with Crippen molar-refractivity contribution in [3.05, 3.63) is 71.8 Å². The largest absolute Gasteiger partial charge is 0.495 e. The van der Waals surface area contributed by atoms with Crippen LogP contribution in [-0.4, -0.2) is 31.5 Å². The molecule has 182 valence electrons. The fraction of sp³-hybridized carbons (Fsp3) is 0.259. The van der Waals surface area contributed by atoms with Crippen LogP contribution in [0.4, 0.5) is 11.4 Å². The number of nitrogens with one attached hydrogen (secondary N) is 2. The zero-order chi connectivity index (χ0) is 25.0. The minimum Gasteiger partial charge on any atom is -0.495 e. The average molecular weight is 493 g/mol. The summed E-state index contributed by atoms with van der Waals surface area (Å²) >= 11 is 1.30. The van der Waals surface area contributed by atoms with Gasteiger partial charge < -0.3 is 24.8 Å². The number of fused-ring (bicyclic) bond motifs is 1. The van der Waals surface area contributed by atoms with Crippen molar-refractivity contribution in [1.82, 2.24) is 0 Å². The number of anilines is 2. The minimum atomic E-state index is -0.270. The van der Waals surface area contributed by atoms with Gasteiger partial charge in [0, 0.05) is 16.6 Å². The lowest BCUT2D eigenvalue weighted by molar-refractivity contribution is -0.113. The first-order chi connectivity index (χ1) is 16.7. The summed E-state index contributed by atoms with van der Waals surface area (Å²) in [4.78, 5) is 26.5. The van der Waals surface area contributed by atoms with Crippen molar-refractivity contribution in [3.63, 3.8) is 0 Å². The summed E-state index contributed by atoms with van der Waals surface area (Å²) in [5.41, 5.74) is 2.71. The maximum Gasteiger partial charge on any atom is 0.256 e. The summed E-state index contributed by atoms with van der Waals surface area (Å²) in [7, 11) is 1.57. The maximum atomic E-state index is 13.2. The molecule has 0 spiro atoms. The molecule has 0 unspecified atom stereocenters. The molecule has 7 nitrogen and oxygen atoms in total. The van der Waals surface area contributed by atoms with Gasteiger partial charge in [-0.2, -0.15) is 0 Å². The van der Waals surface area contributed by atoms with Gasteiger partial charge in [0.1, 0.15) is 5.75 Å². The number of rotatable bonds is 7. The predicted molar refractivity (Wildman–Crippen MR) is 138 cm³/mol. The van der Waals surface area contributed by atoms with E-state index in [1.807, 2.05) is 30.3 Å². The van der Waals surface area contributed by atoms with Gasteiger partial charge in [0.05, 0.1) is 24.1 Å². The summed E-state index contributed by atoms with van der Waals surface area (Å²) in [6.07, 6.45) is 0. The van der Waals surface area contributed by atoms with Crippen LogP contribution in [0.25, 0.3) is 0 Å². The zero-order valence-electron chi connectivity index (χ0n) is 20.1. The van der Waals surface area contributed by atoms with Gasteiger partial charge >= 0.3 is 0 Å². The number of thioether (sulfide) groups is 1. The highest BCUT2D eigenvalue weighted by Crippen LogP contribution is 2.35. The average Bonchev–Trinajstić information content (AvgIpc) is 3.30. The normalized spacial score (nSPS) is 12.2. The Morgan fingerprint density at radius 2 is 1.74 bits per heavy atom. The molecule has 0 bridgehead atoms. The Hall–Kier alpha value is -3.65. The van der Waals surface area contributed by atoms with Crippen LogP contribution in [0.1, 0.15) is 36.7 Å². The lowest BCUT2D eigenvalue weighted by Gasteiger charge is -2.21. The molecule has 8 heteroatoms. The van der Waals surface area contributed by atoms with Crippen LogP contribution >= 0.6 is 11.8 Å². The summed E-state index contributed by atoms with van der Waals surface area (Å²) in [5.74, 6) is 1.52. The summed E-state index contributed by atoms with van der Waals surface area (Å²) < 4.78 is 16.1. The topological polar surface area (TPSA) is 85.9 Å². The Kier molecular flexibility index (Phi) is 7.21. The molecule has 0 radical (unpaired) electrons. The van der Waals surface area contributed by atoms with Crippen molar-refractivity contribution in [2.24, 2.45) is 0 Å². The first-order valence-electron chi connectivity index (χ1n) is 11.2. The second-order valence-electron chi connectivity index (χ2n) is 9.02. The molecule has 0 aromatic heterocycles. The lowest BCUT2D eigenvalue weighted by atomic mass is 9.87. The summed E-state index contributed by atoms with van der Waals surface area (Å²) in [5, 5.41) is 5.83. The number of carbonyl (C=O) groups is 2. The van der Waals surface area contributed by atoms with Gasteiger partial charge in [-0.3, -0.25) is 9.59 Å². The number of methoxy groups -OCH3 is 1. The van der Waals surface area contributed by atoms with Crippen LogP contribution in [0, 0.1) is 0 Å². The van der Waals surface area contributed by atoms with Gasteiger partial charge in [-0.25, -0.2) is 0 Å². The Balaban J connectivity index is 1.44. The van der Waals surface area contributed by atoms with Gasteiger partial charge in [-0.1, -0.05) is 39.0 Å². The number of hydrogen-bond donors (Lipinski definition) is 2. The molecular formula is C27H28N2O5S. The molecule has 35 heavy (non-hydrogen) atoms. The van der Waals surface area contributed by atoms with E-state index in [1.165, 1.54) is 11.8 Å². The highest BCUT2D eigenvalue weighted by Gasteiger charge is 2.19. The van der Waals surface area contributed by atoms with Crippen LogP contribution in [-0.2, 0) is 10.2 Å². The van der Waals surface area contributed by atoms with Crippen molar-refractivity contribution in [2.45, 2.75) is 31.1 Å². The van der Waals surface area contributed by atoms with Crippen LogP contribution in [0.15, 0.2) is 65.6 Å². The molecule has 0 saturated heterocycles. The third-order valence-corrected chi connectivity index (χ3v) is 6.53. The van der Waals surface area contributed by atoms with E-state index in [4.69, 9.17) is 14.2 Å². The van der Waals surface area contributed by atoms with E-state index >= 15 is 0 Å². The van der Waals surface area contributed by atoms with E-state index < -0.39 is 0 Å². The third kappa shape index (κ3) is 5.89. The number of carbonyl (C=O) groups excluding carboxylic acids is 2. The number of ether oxygens (including phenoxy) is 3. The molecule has 0 aliphatic carbocycles. The molecule has 2 amide bonds. The molecule has 1 heterocycles. The van der Waals surface area contributed by atoms with Crippen LogP contribution in [0.3, 0.4) is 0 Å². The second kappa shape index (κ2) is 10.3. The number of benzene rings is 3. The molecular weight excluding hydrogens is 464 g/mol. The molecule has 0 fully saturated rings. The zero-order valence-corrected chi connectivity index (χ0v) is 21.0. The van der Waals surface area contributed by atoms with Gasteiger partial charge in [-0.15, -0.1) is 11.8 Å². The van der Waals surface area contributed by atoms with Crippen molar-refractivity contribution >= 4 is 35.0 Å². The van der Waals surface area contributed by atoms with E-state index in [-0.39, 0.29) is 29.8 Å². The van der Waals surface area contributed by atoms with Crippen molar-refractivity contribution in [1.29, 1.82) is 0 Å². The van der Waals surface area contributed by atoms with Crippen molar-refractivity contribution < 1.29 is 23.8 Å². The second-order valence-corrected chi connectivity index (χ2v) is 10.0. The van der Waals surface area contributed by atoms with Gasteiger partial charge in [0.25, 0.3) is 5.91 Å². The summed E-state index contributed by atoms with van der Waals surface area (Å²) in [6, 6.07) is 18.3. The van der Waals surface area contributed by atoms with Gasteiger partial charge in [-0.05, 0) is 47.4 Å². The van der Waals surface area contributed by atoms with Crippen molar-refractivity contribution in [3.8, 4) is 17.2 Å². The maximum absolute atomic E-state index is 13.2. The highest BCUT2D eigenvalue weighted by atomic mass is 32.2. The quantitative estimate of drug-likeness (QED) is 0.411. The van der Waals surface area contributed by atoms with Crippen LogP contribution < -0.4 is 24.8 Å². The van der Waals surface area contributed by atoms with Crippen LogP contribution in [0.5, 0.6) is 17.2 Å². The molecule has 0 atom stereocenters. The standard InChI is InChI=1S/C27H28N2O5S/c1-27(2,3)17-9-11-21(32-4)20(13-17)29-26(31)19-7-5-6-8-24(19)35-15-25(30)28-18-10-12-22-23(14-18)34-16-33-22/h5-14H,15-16H2,1-4H3,(H,28,30)(H,29,31). The monoisotopic (exact) mass is 492 g/mol. The first-order valence-corrected chi connectivity index (χ1v) is 12.1. The van der Waals surface area contributed by atoms with E-state index in [1.54, 1.807) is 37.4 Å². The van der Waals surface area contributed by atoms with E-state index in [0.717, 1.165) is 5.56 Å². The van der Waals surface area contributed by atoms with Crippen LogP contribution in [0.2, 0.25) is 0 Å². The summed E-state index contributed by atoms with van der Waals surface area (Å²) in [6.45, 7) is 6.51. The smallest absolute Gasteiger partial charge is 0.256 e. The third-order valence-electron chi connectivity index (χ3n) is 5.46. The van der Waals surface area contributed by atoms with Crippen molar-refractivity contribution in [2.75, 3.05) is 30.3 Å². The Bertz CT molecular complexity index is 1250. The van der Waals surface area contributed by atoms with Gasteiger partial charge in [0.2, 0.25) is 12.7 Å². The Morgan fingerprint density at radius 1 is 0.971 bits per heavy atom. The van der Waals surface area contributed by atoms with E-state index in [9.17, 15) is 9.59 Å². The SMILES string of the molecule is COc1ccc(C(C)(C)C)cc1NC(=O)c1ccccc1SCC(=O)Nc1ccc2c(c1)OCO2. The molecule has 3 aromatic rings. The fourth-order valence-corrected chi connectivity index (χ4v) is 4.41. The first kappa shape index (κ1) is 24.5. The molecule has 1 aliphatic rings. The Morgan fingerprint density at radius 3 is 2.51 bits per heavy atom. The number of amides is 2. The van der Waals surface area contributed by atoms with E-state index in [2.05, 4.69) is 31.4 Å². The number of hydrogen-bond acceptors (Lipinski definition) is 6. The molecule has 4 rings (SSSR count). The minimum absolute atomic E-state index is 0.0785. The predicted octanol–water partition coefficient (Wildman–Crippen LogP) is 5.70. The molecule has 3 aromatic carbocycles. The molecule has 1 aliphatic heterocycles. The molecule has 0 saturated carbocycles. The highest BCUT2D eigenvalue weighted by molar-refractivity contribution is 8.00. The van der Waals surface area contributed by atoms with Gasteiger partial charge in [0.15, 0.2) is 11.5 Å². The molecule has 2 N–H and O–H groups in total. The lowest BCUT2D eigenvalue weighted by Crippen LogP contribution is -2.17. The Labute approximate surface area is 209 Å². The van der Waals surface area contributed by atoms with E-state index in [0.29, 0.717) is 39.1 Å². The fourth-order valence-electron chi connectivity index (χ4n) is 3.56.